The van der Waals surface area contributed by atoms with Gasteiger partial charge in [0.25, 0.3) is 0 Å². The van der Waals surface area contributed by atoms with E-state index < -0.39 is 0 Å². The Bertz CT molecular complexity index is 336. The summed E-state index contributed by atoms with van der Waals surface area (Å²) in [5, 5.41) is 6.61. The third kappa shape index (κ3) is 7.53. The van der Waals surface area contributed by atoms with Crippen LogP contribution >= 0.6 is 24.0 Å². The van der Waals surface area contributed by atoms with E-state index in [1.807, 2.05) is 6.07 Å². The molecule has 1 aromatic carbocycles. The van der Waals surface area contributed by atoms with Crippen molar-refractivity contribution in [2.24, 2.45) is 10.9 Å². The molecule has 3 nitrogen and oxygen atoms in total. The van der Waals surface area contributed by atoms with Gasteiger partial charge in [-0.15, -0.1) is 24.0 Å². The molecule has 0 aliphatic heterocycles. The maximum atomic E-state index is 4.19. The van der Waals surface area contributed by atoms with Gasteiger partial charge in [-0.1, -0.05) is 44.2 Å². The summed E-state index contributed by atoms with van der Waals surface area (Å²) in [6.07, 6.45) is 1.02. The Hall–Kier alpha value is -0.780. The van der Waals surface area contributed by atoms with Gasteiger partial charge in [-0.05, 0) is 17.9 Å². The SMILES string of the molecule is CN=C(NCCc1ccccc1)NCC(C)C.I. The quantitative estimate of drug-likeness (QED) is 0.481. The van der Waals surface area contributed by atoms with Gasteiger partial charge in [0, 0.05) is 20.1 Å². The molecule has 0 saturated heterocycles. The number of rotatable bonds is 5. The lowest BCUT2D eigenvalue weighted by Crippen LogP contribution is -2.39. The van der Waals surface area contributed by atoms with E-state index >= 15 is 0 Å². The first kappa shape index (κ1) is 17.2. The fraction of sp³-hybridized carbons (Fsp3) is 0.500. The maximum Gasteiger partial charge on any atom is 0.190 e. The fourth-order valence-electron chi connectivity index (χ4n) is 1.49. The third-order valence-electron chi connectivity index (χ3n) is 2.45. The van der Waals surface area contributed by atoms with Crippen LogP contribution in [0.5, 0.6) is 0 Å². The Balaban J connectivity index is 0.00000289. The van der Waals surface area contributed by atoms with Crippen molar-refractivity contribution >= 4 is 29.9 Å². The van der Waals surface area contributed by atoms with Crippen molar-refractivity contribution in [3.05, 3.63) is 35.9 Å². The second kappa shape index (κ2) is 10.2. The first-order valence-electron chi connectivity index (χ1n) is 6.21. The van der Waals surface area contributed by atoms with Crippen molar-refractivity contribution in [3.8, 4) is 0 Å². The van der Waals surface area contributed by atoms with E-state index in [2.05, 4.69) is 53.7 Å². The van der Waals surface area contributed by atoms with Crippen LogP contribution in [0.4, 0.5) is 0 Å². The van der Waals surface area contributed by atoms with Gasteiger partial charge in [0.15, 0.2) is 5.96 Å². The summed E-state index contributed by atoms with van der Waals surface area (Å²) in [5.74, 6) is 1.51. The Kier molecular flexibility index (Phi) is 9.73. The maximum absolute atomic E-state index is 4.19. The molecule has 102 valence electrons. The van der Waals surface area contributed by atoms with Crippen molar-refractivity contribution in [3.63, 3.8) is 0 Å². The molecule has 2 N–H and O–H groups in total. The zero-order chi connectivity index (χ0) is 12.5. The summed E-state index contributed by atoms with van der Waals surface area (Å²) >= 11 is 0. The highest BCUT2D eigenvalue weighted by Gasteiger charge is 1.98. The predicted molar refractivity (Wildman–Crippen MR) is 89.8 cm³/mol. The number of halogens is 1. The van der Waals surface area contributed by atoms with Crippen LogP contribution in [-0.2, 0) is 6.42 Å². The number of benzene rings is 1. The van der Waals surface area contributed by atoms with E-state index in [9.17, 15) is 0 Å². The van der Waals surface area contributed by atoms with Crippen molar-refractivity contribution in [1.29, 1.82) is 0 Å². The van der Waals surface area contributed by atoms with E-state index in [0.29, 0.717) is 5.92 Å². The van der Waals surface area contributed by atoms with Crippen molar-refractivity contribution in [1.82, 2.24) is 10.6 Å². The Labute approximate surface area is 127 Å². The van der Waals surface area contributed by atoms with Crippen LogP contribution in [-0.4, -0.2) is 26.1 Å². The smallest absolute Gasteiger partial charge is 0.190 e. The van der Waals surface area contributed by atoms with Gasteiger partial charge in [0.2, 0.25) is 0 Å². The van der Waals surface area contributed by atoms with E-state index in [1.54, 1.807) is 7.05 Å². The van der Waals surface area contributed by atoms with E-state index in [4.69, 9.17) is 0 Å². The largest absolute Gasteiger partial charge is 0.356 e. The van der Waals surface area contributed by atoms with Gasteiger partial charge in [-0.2, -0.15) is 0 Å². The molecule has 0 aliphatic rings. The van der Waals surface area contributed by atoms with Crippen LogP contribution in [0, 0.1) is 5.92 Å². The van der Waals surface area contributed by atoms with Gasteiger partial charge < -0.3 is 10.6 Å². The van der Waals surface area contributed by atoms with Crippen LogP contribution in [0.2, 0.25) is 0 Å². The number of hydrogen-bond donors (Lipinski definition) is 2. The summed E-state index contributed by atoms with van der Waals surface area (Å²) < 4.78 is 0. The van der Waals surface area contributed by atoms with Gasteiger partial charge >= 0.3 is 0 Å². The zero-order valence-corrected chi connectivity index (χ0v) is 13.8. The minimum absolute atomic E-state index is 0. The summed E-state index contributed by atoms with van der Waals surface area (Å²) in [4.78, 5) is 4.19. The Morgan fingerprint density at radius 1 is 1.17 bits per heavy atom. The molecule has 4 heteroatoms. The number of nitrogens with zero attached hydrogens (tertiary/aromatic N) is 1. The van der Waals surface area contributed by atoms with Gasteiger partial charge in [-0.25, -0.2) is 0 Å². The average molecular weight is 361 g/mol. The molecule has 0 heterocycles. The highest BCUT2D eigenvalue weighted by Crippen LogP contribution is 1.98. The molecule has 0 aromatic heterocycles. The van der Waals surface area contributed by atoms with Crippen LogP contribution < -0.4 is 10.6 Å². The second-order valence-corrected chi connectivity index (χ2v) is 4.51. The molecule has 0 radical (unpaired) electrons. The molecule has 1 rings (SSSR count). The van der Waals surface area contributed by atoms with Crippen LogP contribution in [0.1, 0.15) is 19.4 Å². The molecule has 0 amide bonds. The molecule has 18 heavy (non-hydrogen) atoms. The third-order valence-corrected chi connectivity index (χ3v) is 2.45. The molecule has 1 aromatic rings. The minimum atomic E-state index is 0. The lowest BCUT2D eigenvalue weighted by atomic mass is 10.1. The van der Waals surface area contributed by atoms with Gasteiger partial charge in [0.1, 0.15) is 0 Å². The molecular weight excluding hydrogens is 337 g/mol. The number of guanidine groups is 1. The molecule has 0 fully saturated rings. The summed E-state index contributed by atoms with van der Waals surface area (Å²) in [7, 11) is 1.80. The van der Waals surface area contributed by atoms with Crippen molar-refractivity contribution in [2.45, 2.75) is 20.3 Å². The second-order valence-electron chi connectivity index (χ2n) is 4.51. The average Bonchev–Trinajstić information content (AvgIpc) is 2.34. The highest BCUT2D eigenvalue weighted by molar-refractivity contribution is 14.0. The molecule has 0 bridgehead atoms. The highest BCUT2D eigenvalue weighted by atomic mass is 127. The van der Waals surface area contributed by atoms with E-state index in [1.165, 1.54) is 5.56 Å². The van der Waals surface area contributed by atoms with Gasteiger partial charge in [-0.3, -0.25) is 4.99 Å². The lowest BCUT2D eigenvalue weighted by molar-refractivity contribution is 0.614. The van der Waals surface area contributed by atoms with Gasteiger partial charge in [0.05, 0.1) is 0 Å². The monoisotopic (exact) mass is 361 g/mol. The number of hydrogen-bond acceptors (Lipinski definition) is 1. The first-order chi connectivity index (χ1) is 8.22. The molecule has 0 saturated carbocycles. The minimum Gasteiger partial charge on any atom is -0.356 e. The fourth-order valence-corrected chi connectivity index (χ4v) is 1.49. The Morgan fingerprint density at radius 2 is 1.83 bits per heavy atom. The van der Waals surface area contributed by atoms with Crippen molar-refractivity contribution < 1.29 is 0 Å². The summed E-state index contributed by atoms with van der Waals surface area (Å²) in [5.41, 5.74) is 1.35. The molecular formula is C14H24IN3. The van der Waals surface area contributed by atoms with Crippen LogP contribution in [0.25, 0.3) is 0 Å². The lowest BCUT2D eigenvalue weighted by Gasteiger charge is -2.13. The van der Waals surface area contributed by atoms with E-state index in [0.717, 1.165) is 25.5 Å². The number of aliphatic imine (C=N–C) groups is 1. The topological polar surface area (TPSA) is 36.4 Å². The molecule has 0 spiro atoms. The standard InChI is InChI=1S/C14H23N3.HI/c1-12(2)11-17-14(15-3)16-10-9-13-7-5-4-6-8-13;/h4-8,12H,9-11H2,1-3H3,(H2,15,16,17);1H. The number of nitrogens with one attached hydrogen (secondary N) is 2. The van der Waals surface area contributed by atoms with Crippen LogP contribution in [0.15, 0.2) is 35.3 Å². The van der Waals surface area contributed by atoms with Crippen molar-refractivity contribution in [2.75, 3.05) is 20.1 Å². The molecule has 0 unspecified atom stereocenters. The summed E-state index contributed by atoms with van der Waals surface area (Å²) in [6, 6.07) is 10.5. The Morgan fingerprint density at radius 3 is 2.39 bits per heavy atom. The summed E-state index contributed by atoms with van der Waals surface area (Å²) in [6.45, 7) is 6.22. The van der Waals surface area contributed by atoms with Crippen LogP contribution in [0.3, 0.4) is 0 Å². The molecule has 0 atom stereocenters. The van der Waals surface area contributed by atoms with E-state index in [-0.39, 0.29) is 24.0 Å². The normalized spacial score (nSPS) is 11.0. The first-order valence-corrected chi connectivity index (χ1v) is 6.21. The zero-order valence-electron chi connectivity index (χ0n) is 11.4. The molecule has 0 aliphatic carbocycles. The predicted octanol–water partition coefficient (Wildman–Crippen LogP) is 2.67.